The molecule has 5 rings (SSSR count). The number of benzene rings is 1. The van der Waals surface area contributed by atoms with E-state index in [1.54, 1.807) is 30.5 Å². The van der Waals surface area contributed by atoms with E-state index in [2.05, 4.69) is 20.4 Å². The Morgan fingerprint density at radius 1 is 1.09 bits per heavy atom. The highest BCUT2D eigenvalue weighted by molar-refractivity contribution is 6.02. The number of rotatable bonds is 4. The highest BCUT2D eigenvalue weighted by Crippen LogP contribution is 2.36. The average molecular weight is 431 g/mol. The zero-order chi connectivity index (χ0) is 22.1. The van der Waals surface area contributed by atoms with E-state index in [0.717, 1.165) is 48.2 Å². The van der Waals surface area contributed by atoms with Gasteiger partial charge in [-0.25, -0.2) is 0 Å². The number of para-hydroxylation sites is 1. The monoisotopic (exact) mass is 430 g/mol. The normalized spacial score (nSPS) is 23.0. The van der Waals surface area contributed by atoms with Gasteiger partial charge in [-0.2, -0.15) is 5.10 Å². The van der Waals surface area contributed by atoms with E-state index in [1.807, 2.05) is 41.3 Å². The van der Waals surface area contributed by atoms with E-state index < -0.39 is 5.92 Å². The zero-order valence-electron chi connectivity index (χ0n) is 18.0. The lowest BCUT2D eigenvalue weighted by Gasteiger charge is -2.33. The summed E-state index contributed by atoms with van der Waals surface area (Å²) in [5.74, 6) is -0.496. The van der Waals surface area contributed by atoms with E-state index in [9.17, 15) is 9.59 Å². The van der Waals surface area contributed by atoms with Gasteiger partial charge < -0.3 is 10.2 Å². The third-order valence-corrected chi connectivity index (χ3v) is 6.62. The standard InChI is InChI=1S/C24H26N6O2/c1-29-22-5-3-2-4-19(22)20(12-23(29)31)24(32)28-17-6-8-18(9-7-17)30-15-16(13-27-30)21-14-25-10-11-26-21/h2-5,10-11,13-15,17-18,20H,6-9,12H2,1H3,(H,28,32). The maximum Gasteiger partial charge on any atom is 0.228 e. The first-order valence-corrected chi connectivity index (χ1v) is 11.1. The third-order valence-electron chi connectivity index (χ3n) is 6.62. The number of hydrogen-bond donors (Lipinski definition) is 1. The van der Waals surface area contributed by atoms with Crippen molar-refractivity contribution < 1.29 is 9.59 Å². The van der Waals surface area contributed by atoms with Crippen LogP contribution in [-0.2, 0) is 9.59 Å². The van der Waals surface area contributed by atoms with Crippen molar-refractivity contribution in [3.8, 4) is 11.3 Å². The third kappa shape index (κ3) is 3.88. The van der Waals surface area contributed by atoms with Gasteiger partial charge in [-0.15, -0.1) is 0 Å². The van der Waals surface area contributed by atoms with Gasteiger partial charge in [-0.3, -0.25) is 24.2 Å². The van der Waals surface area contributed by atoms with Crippen LogP contribution in [0.25, 0.3) is 11.3 Å². The second kappa shape index (κ2) is 8.53. The molecule has 2 aliphatic rings. The van der Waals surface area contributed by atoms with Crippen LogP contribution >= 0.6 is 0 Å². The summed E-state index contributed by atoms with van der Waals surface area (Å²) in [6.45, 7) is 0. The van der Waals surface area contributed by atoms with Crippen LogP contribution in [-0.4, -0.2) is 44.7 Å². The Bertz CT molecular complexity index is 1120. The molecule has 0 bridgehead atoms. The van der Waals surface area contributed by atoms with E-state index in [-0.39, 0.29) is 24.3 Å². The molecule has 1 unspecified atom stereocenters. The van der Waals surface area contributed by atoms with Crippen molar-refractivity contribution in [2.45, 2.75) is 50.1 Å². The lowest BCUT2D eigenvalue weighted by molar-refractivity contribution is -0.127. The molecule has 8 nitrogen and oxygen atoms in total. The lowest BCUT2D eigenvalue weighted by Crippen LogP contribution is -2.44. The number of fused-ring (bicyclic) bond motifs is 1. The van der Waals surface area contributed by atoms with Crippen LogP contribution in [0.3, 0.4) is 0 Å². The summed E-state index contributed by atoms with van der Waals surface area (Å²) in [5.41, 5.74) is 3.52. The van der Waals surface area contributed by atoms with Crippen LogP contribution in [0, 0.1) is 0 Å². The number of aromatic nitrogens is 4. The molecule has 0 saturated heterocycles. The molecule has 32 heavy (non-hydrogen) atoms. The molecule has 0 radical (unpaired) electrons. The molecule has 1 fully saturated rings. The largest absolute Gasteiger partial charge is 0.353 e. The number of amides is 2. The highest BCUT2D eigenvalue weighted by Gasteiger charge is 2.35. The molecule has 0 spiro atoms. The molecule has 1 N–H and O–H groups in total. The Morgan fingerprint density at radius 3 is 2.69 bits per heavy atom. The second-order valence-corrected chi connectivity index (χ2v) is 8.58. The van der Waals surface area contributed by atoms with Crippen molar-refractivity contribution in [1.82, 2.24) is 25.1 Å². The van der Waals surface area contributed by atoms with Crippen molar-refractivity contribution in [1.29, 1.82) is 0 Å². The Morgan fingerprint density at radius 2 is 1.91 bits per heavy atom. The van der Waals surface area contributed by atoms with Gasteiger partial charge in [0.2, 0.25) is 11.8 Å². The van der Waals surface area contributed by atoms with Crippen molar-refractivity contribution in [3.63, 3.8) is 0 Å². The first kappa shape index (κ1) is 20.4. The predicted octanol–water partition coefficient (Wildman–Crippen LogP) is 3.09. The van der Waals surface area contributed by atoms with Crippen molar-refractivity contribution in [2.24, 2.45) is 0 Å². The molecule has 2 aromatic heterocycles. The van der Waals surface area contributed by atoms with Crippen molar-refractivity contribution in [3.05, 3.63) is 60.8 Å². The lowest BCUT2D eigenvalue weighted by atomic mass is 9.87. The van der Waals surface area contributed by atoms with Gasteiger partial charge in [0.25, 0.3) is 0 Å². The number of carbonyl (C=O) groups is 2. The summed E-state index contributed by atoms with van der Waals surface area (Å²) in [6.07, 6.45) is 12.8. The molecular weight excluding hydrogens is 404 g/mol. The Labute approximate surface area is 186 Å². The maximum atomic E-state index is 13.1. The van der Waals surface area contributed by atoms with Gasteiger partial charge in [0.1, 0.15) is 0 Å². The molecule has 1 aliphatic heterocycles. The maximum absolute atomic E-state index is 13.1. The average Bonchev–Trinajstić information content (AvgIpc) is 3.33. The molecule has 8 heteroatoms. The van der Waals surface area contributed by atoms with Gasteiger partial charge in [0, 0.05) is 49.4 Å². The second-order valence-electron chi connectivity index (χ2n) is 8.58. The Hall–Kier alpha value is -3.55. The number of anilines is 1. The number of nitrogens with zero attached hydrogens (tertiary/aromatic N) is 5. The van der Waals surface area contributed by atoms with E-state index in [0.29, 0.717) is 6.04 Å². The van der Waals surface area contributed by atoms with Crippen LogP contribution in [0.1, 0.15) is 49.6 Å². The smallest absolute Gasteiger partial charge is 0.228 e. The van der Waals surface area contributed by atoms with Gasteiger partial charge >= 0.3 is 0 Å². The summed E-state index contributed by atoms with van der Waals surface area (Å²) >= 11 is 0. The summed E-state index contributed by atoms with van der Waals surface area (Å²) in [4.78, 5) is 35.6. The summed E-state index contributed by atoms with van der Waals surface area (Å²) in [6, 6.07) is 8.10. The molecular formula is C24H26N6O2. The molecule has 1 atom stereocenters. The summed E-state index contributed by atoms with van der Waals surface area (Å²) < 4.78 is 2.01. The summed E-state index contributed by atoms with van der Waals surface area (Å²) in [7, 11) is 1.77. The minimum absolute atomic E-state index is 0.0230. The highest BCUT2D eigenvalue weighted by atomic mass is 16.2. The van der Waals surface area contributed by atoms with Crippen molar-refractivity contribution >= 4 is 17.5 Å². The first-order chi connectivity index (χ1) is 15.6. The zero-order valence-corrected chi connectivity index (χ0v) is 18.0. The Kier molecular flexibility index (Phi) is 5.43. The van der Waals surface area contributed by atoms with Gasteiger partial charge in [0.15, 0.2) is 0 Å². The Balaban J connectivity index is 1.21. The fraction of sp³-hybridized carbons (Fsp3) is 0.375. The predicted molar refractivity (Wildman–Crippen MR) is 120 cm³/mol. The SMILES string of the molecule is CN1C(=O)CC(C(=O)NC2CCC(n3cc(-c4cnccn4)cn3)CC2)c2ccccc21. The minimum Gasteiger partial charge on any atom is -0.353 e. The first-order valence-electron chi connectivity index (χ1n) is 11.1. The van der Waals surface area contributed by atoms with Gasteiger partial charge in [-0.05, 0) is 37.3 Å². The quantitative estimate of drug-likeness (QED) is 0.687. The van der Waals surface area contributed by atoms with Gasteiger partial charge in [-0.1, -0.05) is 18.2 Å². The minimum atomic E-state index is -0.423. The van der Waals surface area contributed by atoms with Crippen LogP contribution in [0.2, 0.25) is 0 Å². The van der Waals surface area contributed by atoms with Gasteiger partial charge in [0.05, 0.1) is 30.0 Å². The number of nitrogens with one attached hydrogen (secondary N) is 1. The molecule has 2 amide bonds. The molecule has 3 aromatic rings. The molecule has 3 heterocycles. The molecule has 1 aromatic carbocycles. The van der Waals surface area contributed by atoms with Crippen LogP contribution in [0.5, 0.6) is 0 Å². The van der Waals surface area contributed by atoms with E-state index in [1.165, 1.54) is 0 Å². The van der Waals surface area contributed by atoms with Crippen molar-refractivity contribution in [2.75, 3.05) is 11.9 Å². The molecule has 1 saturated carbocycles. The van der Waals surface area contributed by atoms with Crippen LogP contribution in [0.15, 0.2) is 55.2 Å². The van der Waals surface area contributed by atoms with E-state index >= 15 is 0 Å². The van der Waals surface area contributed by atoms with Crippen LogP contribution in [0.4, 0.5) is 5.69 Å². The summed E-state index contributed by atoms with van der Waals surface area (Å²) in [5, 5.41) is 7.75. The number of carbonyl (C=O) groups excluding carboxylic acids is 2. The van der Waals surface area contributed by atoms with E-state index in [4.69, 9.17) is 0 Å². The number of hydrogen-bond acceptors (Lipinski definition) is 5. The molecule has 164 valence electrons. The fourth-order valence-electron chi connectivity index (χ4n) is 4.78. The van der Waals surface area contributed by atoms with Crippen LogP contribution < -0.4 is 10.2 Å². The molecule has 1 aliphatic carbocycles. The fourth-order valence-corrected chi connectivity index (χ4v) is 4.78. The topological polar surface area (TPSA) is 93.0 Å².